The Morgan fingerprint density at radius 3 is 2.50 bits per heavy atom. The summed E-state index contributed by atoms with van der Waals surface area (Å²) in [6.45, 7) is 0.219. The minimum absolute atomic E-state index is 0.113. The summed E-state index contributed by atoms with van der Waals surface area (Å²) in [4.78, 5) is 0. The average molecular weight is 142 g/mol. The van der Waals surface area contributed by atoms with Crippen LogP contribution in [0.1, 0.15) is 0 Å². The van der Waals surface area contributed by atoms with Crippen LogP contribution in [0.5, 0.6) is 0 Å². The highest BCUT2D eigenvalue weighted by Gasteiger charge is 1.99. The molecule has 0 spiro atoms. The summed E-state index contributed by atoms with van der Waals surface area (Å²) in [6.07, 6.45) is 0. The van der Waals surface area contributed by atoms with Crippen molar-refractivity contribution in [3.63, 3.8) is 0 Å². The Kier molecular flexibility index (Phi) is 4.09. The van der Waals surface area contributed by atoms with E-state index in [4.69, 9.17) is 11.0 Å². The predicted octanol–water partition coefficient (Wildman–Crippen LogP) is -0.0269. The molecule has 0 aliphatic rings. The molecule has 0 fully saturated rings. The molecular weight excluding hydrogens is 132 g/mol. The van der Waals surface area contributed by atoms with E-state index in [-0.39, 0.29) is 12.4 Å². The molecule has 0 heterocycles. The number of nitrogens with zero attached hydrogens (tertiary/aromatic N) is 1. The van der Waals surface area contributed by atoms with Gasteiger partial charge in [0.15, 0.2) is 0 Å². The van der Waals surface area contributed by atoms with E-state index < -0.39 is 0 Å². The van der Waals surface area contributed by atoms with Crippen molar-refractivity contribution in [2.45, 2.75) is 0 Å². The highest BCUT2D eigenvalue weighted by atomic mass is 16.5. The first kappa shape index (κ1) is 8.79. The van der Waals surface area contributed by atoms with Crippen molar-refractivity contribution in [2.24, 2.45) is 5.73 Å². The number of nitrogens with two attached hydrogens (primary N) is 1. The van der Waals surface area contributed by atoms with Gasteiger partial charge in [-0.3, -0.25) is 0 Å². The fourth-order valence-electron chi connectivity index (χ4n) is 0.470. The molecule has 0 aliphatic heterocycles. The van der Waals surface area contributed by atoms with Gasteiger partial charge in [0, 0.05) is 7.11 Å². The first-order chi connectivity index (χ1) is 4.76. The topological polar surface area (TPSA) is 68.3 Å². The SMILES string of the molecule is COC/C(N)=C(\C#N)OC. The summed E-state index contributed by atoms with van der Waals surface area (Å²) in [5.41, 5.74) is 5.67. The van der Waals surface area contributed by atoms with E-state index in [9.17, 15) is 0 Å². The highest BCUT2D eigenvalue weighted by molar-refractivity contribution is 5.19. The molecule has 0 radical (unpaired) electrons. The highest BCUT2D eigenvalue weighted by Crippen LogP contribution is 1.97. The van der Waals surface area contributed by atoms with Gasteiger partial charge in [0.25, 0.3) is 0 Å². The van der Waals surface area contributed by atoms with E-state index >= 15 is 0 Å². The smallest absolute Gasteiger partial charge is 0.218 e. The summed E-state index contributed by atoms with van der Waals surface area (Å²) in [7, 11) is 2.89. The molecule has 4 nitrogen and oxygen atoms in total. The first-order valence-electron chi connectivity index (χ1n) is 2.68. The van der Waals surface area contributed by atoms with Gasteiger partial charge < -0.3 is 15.2 Å². The number of hydrogen-bond donors (Lipinski definition) is 1. The van der Waals surface area contributed by atoms with Gasteiger partial charge in [-0.1, -0.05) is 0 Å². The third-order valence-electron chi connectivity index (χ3n) is 0.897. The number of rotatable bonds is 3. The molecular formula is C6H10N2O2. The van der Waals surface area contributed by atoms with Gasteiger partial charge in [0.1, 0.15) is 6.07 Å². The molecule has 0 bridgehead atoms. The molecule has 0 atom stereocenters. The molecule has 0 aromatic carbocycles. The van der Waals surface area contributed by atoms with Crippen LogP contribution in [0.15, 0.2) is 11.5 Å². The van der Waals surface area contributed by atoms with E-state index in [1.54, 1.807) is 6.07 Å². The van der Waals surface area contributed by atoms with Crippen molar-refractivity contribution >= 4 is 0 Å². The molecule has 0 aromatic rings. The monoisotopic (exact) mass is 142 g/mol. The number of nitriles is 1. The second-order valence-electron chi connectivity index (χ2n) is 1.60. The lowest BCUT2D eigenvalue weighted by Crippen LogP contribution is -2.08. The standard InChI is InChI=1S/C6H10N2O2/c1-9-4-5(8)6(3-7)10-2/h4,8H2,1-2H3/b6-5-. The Labute approximate surface area is 59.8 Å². The van der Waals surface area contributed by atoms with Crippen LogP contribution in [0.2, 0.25) is 0 Å². The summed E-state index contributed by atoms with van der Waals surface area (Å²) in [5, 5.41) is 8.35. The van der Waals surface area contributed by atoms with Crippen molar-refractivity contribution in [1.82, 2.24) is 0 Å². The lowest BCUT2D eigenvalue weighted by molar-refractivity contribution is 0.215. The molecule has 0 saturated carbocycles. The van der Waals surface area contributed by atoms with Crippen LogP contribution < -0.4 is 5.73 Å². The zero-order chi connectivity index (χ0) is 7.98. The van der Waals surface area contributed by atoms with Crippen LogP contribution >= 0.6 is 0 Å². The van der Waals surface area contributed by atoms with Gasteiger partial charge in [-0.25, -0.2) is 0 Å². The van der Waals surface area contributed by atoms with Crippen LogP contribution in [0.25, 0.3) is 0 Å². The van der Waals surface area contributed by atoms with Gasteiger partial charge >= 0.3 is 0 Å². The molecule has 0 aliphatic carbocycles. The molecule has 0 rings (SSSR count). The van der Waals surface area contributed by atoms with Gasteiger partial charge in [0.2, 0.25) is 5.76 Å². The number of ether oxygens (including phenoxy) is 2. The Morgan fingerprint density at radius 2 is 2.20 bits per heavy atom. The van der Waals surface area contributed by atoms with Crippen molar-refractivity contribution in [2.75, 3.05) is 20.8 Å². The Hall–Kier alpha value is -1.21. The normalized spacial score (nSPS) is 11.7. The van der Waals surface area contributed by atoms with Crippen LogP contribution in [0.3, 0.4) is 0 Å². The van der Waals surface area contributed by atoms with Gasteiger partial charge in [-0.05, 0) is 0 Å². The molecule has 4 heteroatoms. The fraction of sp³-hybridized carbons (Fsp3) is 0.500. The molecule has 2 N–H and O–H groups in total. The summed E-state index contributed by atoms with van der Waals surface area (Å²) >= 11 is 0. The van der Waals surface area contributed by atoms with E-state index in [1.807, 2.05) is 0 Å². The number of hydrogen-bond acceptors (Lipinski definition) is 4. The summed E-state index contributed by atoms with van der Waals surface area (Å²) in [5.74, 6) is 0.113. The van der Waals surface area contributed by atoms with Crippen LogP contribution in [-0.4, -0.2) is 20.8 Å². The van der Waals surface area contributed by atoms with E-state index in [0.717, 1.165) is 0 Å². The van der Waals surface area contributed by atoms with Gasteiger partial charge in [-0.2, -0.15) is 5.26 Å². The quantitative estimate of drug-likeness (QED) is 0.444. The van der Waals surface area contributed by atoms with Crippen molar-refractivity contribution in [1.29, 1.82) is 5.26 Å². The first-order valence-corrected chi connectivity index (χ1v) is 2.68. The second kappa shape index (κ2) is 4.65. The largest absolute Gasteiger partial charge is 0.486 e. The minimum Gasteiger partial charge on any atom is -0.486 e. The Balaban J connectivity index is 4.16. The maximum Gasteiger partial charge on any atom is 0.218 e. The molecule has 0 unspecified atom stereocenters. The van der Waals surface area contributed by atoms with Crippen LogP contribution in [0.4, 0.5) is 0 Å². The molecule has 0 amide bonds. The third-order valence-corrected chi connectivity index (χ3v) is 0.897. The van der Waals surface area contributed by atoms with Gasteiger partial charge in [-0.15, -0.1) is 0 Å². The van der Waals surface area contributed by atoms with Crippen LogP contribution in [0, 0.1) is 11.3 Å². The zero-order valence-electron chi connectivity index (χ0n) is 6.05. The van der Waals surface area contributed by atoms with Crippen molar-refractivity contribution in [3.05, 3.63) is 11.5 Å². The fourth-order valence-corrected chi connectivity index (χ4v) is 0.470. The van der Waals surface area contributed by atoms with Crippen molar-refractivity contribution < 1.29 is 9.47 Å². The maximum absolute atomic E-state index is 8.35. The van der Waals surface area contributed by atoms with E-state index in [1.165, 1.54) is 14.2 Å². The molecule has 10 heavy (non-hydrogen) atoms. The maximum atomic E-state index is 8.35. The van der Waals surface area contributed by atoms with Crippen LogP contribution in [-0.2, 0) is 9.47 Å². The number of methoxy groups -OCH3 is 2. The lowest BCUT2D eigenvalue weighted by Gasteiger charge is -2.01. The van der Waals surface area contributed by atoms with E-state index in [0.29, 0.717) is 5.70 Å². The van der Waals surface area contributed by atoms with Crippen molar-refractivity contribution in [3.8, 4) is 6.07 Å². The second-order valence-corrected chi connectivity index (χ2v) is 1.60. The molecule has 0 aromatic heterocycles. The zero-order valence-corrected chi connectivity index (χ0v) is 6.05. The van der Waals surface area contributed by atoms with E-state index in [2.05, 4.69) is 9.47 Å². The third kappa shape index (κ3) is 2.37. The predicted molar refractivity (Wildman–Crippen MR) is 35.7 cm³/mol. The molecule has 56 valence electrons. The summed E-state index contributed by atoms with van der Waals surface area (Å²) < 4.78 is 9.30. The molecule has 0 saturated heterocycles. The lowest BCUT2D eigenvalue weighted by atomic mass is 10.4. The van der Waals surface area contributed by atoms with Gasteiger partial charge in [0.05, 0.1) is 19.4 Å². The Bertz CT molecular complexity index is 169. The minimum atomic E-state index is 0.113. The number of allylic oxidation sites excluding steroid dienone is 1. The average Bonchev–Trinajstić information content (AvgIpc) is 1.91. The summed E-state index contributed by atoms with van der Waals surface area (Å²) in [6, 6.07) is 1.79. The Morgan fingerprint density at radius 1 is 1.60 bits per heavy atom.